The second kappa shape index (κ2) is 7.69. The molecule has 0 bridgehead atoms. The fraction of sp³-hybridized carbons (Fsp3) is 0.125. The van der Waals surface area contributed by atoms with E-state index in [4.69, 9.17) is 4.74 Å². The number of aryl methyl sites for hydroxylation is 1. The van der Waals surface area contributed by atoms with E-state index in [1.807, 2.05) is 19.1 Å². The minimum Gasteiger partial charge on any atom is -0.452 e. The van der Waals surface area contributed by atoms with Gasteiger partial charge in [0.05, 0.1) is 16.2 Å². The summed E-state index contributed by atoms with van der Waals surface area (Å²) in [6.07, 6.45) is 0. The van der Waals surface area contributed by atoms with Gasteiger partial charge >= 0.3 is 5.97 Å². The van der Waals surface area contributed by atoms with E-state index in [1.54, 1.807) is 6.07 Å². The SMILES string of the molecule is Cc1ccc(NC(=O)COC(=O)c2ccc([N+](=O)[O-])cc2)c(Br)c1. The van der Waals surface area contributed by atoms with Gasteiger partial charge in [-0.3, -0.25) is 14.9 Å². The van der Waals surface area contributed by atoms with Crippen LogP contribution in [0, 0.1) is 17.0 Å². The molecule has 0 atom stereocenters. The highest BCUT2D eigenvalue weighted by atomic mass is 79.9. The molecule has 0 aliphatic heterocycles. The monoisotopic (exact) mass is 392 g/mol. The molecule has 0 saturated carbocycles. The van der Waals surface area contributed by atoms with Crippen LogP contribution in [0.2, 0.25) is 0 Å². The molecule has 2 aromatic rings. The van der Waals surface area contributed by atoms with Crippen LogP contribution in [-0.4, -0.2) is 23.4 Å². The summed E-state index contributed by atoms with van der Waals surface area (Å²) >= 11 is 3.33. The Hall–Kier alpha value is -2.74. The van der Waals surface area contributed by atoms with Gasteiger partial charge in [0.15, 0.2) is 6.61 Å². The zero-order chi connectivity index (χ0) is 17.7. The van der Waals surface area contributed by atoms with Crippen molar-refractivity contribution in [2.75, 3.05) is 11.9 Å². The Morgan fingerprint density at radius 2 is 1.88 bits per heavy atom. The van der Waals surface area contributed by atoms with Gasteiger partial charge in [-0.15, -0.1) is 0 Å². The van der Waals surface area contributed by atoms with E-state index in [0.29, 0.717) is 5.69 Å². The third-order valence-corrected chi connectivity index (χ3v) is 3.70. The number of nitrogens with zero attached hydrogens (tertiary/aromatic N) is 1. The average molecular weight is 393 g/mol. The van der Waals surface area contributed by atoms with Crippen molar-refractivity contribution in [1.82, 2.24) is 0 Å². The molecule has 7 nitrogen and oxygen atoms in total. The predicted molar refractivity (Wildman–Crippen MR) is 90.9 cm³/mol. The maximum atomic E-state index is 11.8. The third kappa shape index (κ3) is 4.63. The van der Waals surface area contributed by atoms with Gasteiger partial charge in [-0.25, -0.2) is 4.79 Å². The summed E-state index contributed by atoms with van der Waals surface area (Å²) in [6, 6.07) is 10.3. The molecular weight excluding hydrogens is 380 g/mol. The van der Waals surface area contributed by atoms with Gasteiger partial charge in [0.1, 0.15) is 0 Å². The standard InChI is InChI=1S/C16H13BrN2O5/c1-10-2-7-14(13(17)8-10)18-15(20)9-24-16(21)11-3-5-12(6-4-11)19(22)23/h2-8H,9H2,1H3,(H,18,20). The summed E-state index contributed by atoms with van der Waals surface area (Å²) < 4.78 is 5.61. The molecule has 0 aromatic heterocycles. The van der Waals surface area contributed by atoms with Crippen molar-refractivity contribution in [3.8, 4) is 0 Å². The minimum atomic E-state index is -0.733. The van der Waals surface area contributed by atoms with E-state index in [2.05, 4.69) is 21.2 Å². The van der Waals surface area contributed by atoms with Crippen LogP contribution < -0.4 is 5.32 Å². The first kappa shape index (κ1) is 17.6. The van der Waals surface area contributed by atoms with Crippen LogP contribution in [0.1, 0.15) is 15.9 Å². The van der Waals surface area contributed by atoms with Crippen molar-refractivity contribution < 1.29 is 19.2 Å². The molecule has 0 spiro atoms. The van der Waals surface area contributed by atoms with E-state index in [1.165, 1.54) is 24.3 Å². The summed E-state index contributed by atoms with van der Waals surface area (Å²) in [7, 11) is 0. The Morgan fingerprint density at radius 1 is 1.21 bits per heavy atom. The highest BCUT2D eigenvalue weighted by molar-refractivity contribution is 9.10. The van der Waals surface area contributed by atoms with Gasteiger partial charge in [-0.05, 0) is 52.7 Å². The second-order valence-electron chi connectivity index (χ2n) is 4.91. The van der Waals surface area contributed by atoms with Crippen LogP contribution in [0.25, 0.3) is 0 Å². The number of non-ortho nitro benzene ring substituents is 1. The molecule has 0 aliphatic rings. The number of anilines is 1. The Kier molecular flexibility index (Phi) is 5.64. The lowest BCUT2D eigenvalue weighted by atomic mass is 10.2. The lowest BCUT2D eigenvalue weighted by molar-refractivity contribution is -0.384. The van der Waals surface area contributed by atoms with Crippen LogP contribution in [0.15, 0.2) is 46.9 Å². The number of hydrogen-bond donors (Lipinski definition) is 1. The number of nitro benzene ring substituents is 1. The largest absolute Gasteiger partial charge is 0.452 e. The number of nitrogens with one attached hydrogen (secondary N) is 1. The molecule has 0 saturated heterocycles. The zero-order valence-electron chi connectivity index (χ0n) is 12.6. The smallest absolute Gasteiger partial charge is 0.338 e. The van der Waals surface area contributed by atoms with E-state index in [0.717, 1.165) is 10.0 Å². The van der Waals surface area contributed by atoms with Crippen molar-refractivity contribution in [1.29, 1.82) is 0 Å². The van der Waals surface area contributed by atoms with Crippen LogP contribution >= 0.6 is 15.9 Å². The first-order chi connectivity index (χ1) is 11.4. The predicted octanol–water partition coefficient (Wildman–Crippen LogP) is 3.46. The number of nitro groups is 1. The Labute approximate surface area is 145 Å². The molecule has 1 amide bonds. The molecule has 24 heavy (non-hydrogen) atoms. The number of esters is 1. The molecule has 124 valence electrons. The molecule has 2 rings (SSSR count). The molecule has 0 heterocycles. The molecule has 0 fully saturated rings. The molecule has 1 N–H and O–H groups in total. The number of halogens is 1. The van der Waals surface area contributed by atoms with E-state index in [-0.39, 0.29) is 11.3 Å². The van der Waals surface area contributed by atoms with Crippen LogP contribution in [-0.2, 0) is 9.53 Å². The number of carbonyl (C=O) groups is 2. The first-order valence-corrected chi connectivity index (χ1v) is 7.63. The van der Waals surface area contributed by atoms with Gasteiger partial charge in [0, 0.05) is 16.6 Å². The minimum absolute atomic E-state index is 0.130. The number of benzene rings is 2. The van der Waals surface area contributed by atoms with Crippen LogP contribution in [0.3, 0.4) is 0 Å². The summed E-state index contributed by atoms with van der Waals surface area (Å²) in [5.74, 6) is -1.22. The Bertz CT molecular complexity index is 790. The Balaban J connectivity index is 1.91. The fourth-order valence-corrected chi connectivity index (χ4v) is 2.43. The fourth-order valence-electron chi connectivity index (χ4n) is 1.84. The van der Waals surface area contributed by atoms with Crippen molar-refractivity contribution >= 4 is 39.2 Å². The number of amides is 1. The number of rotatable bonds is 5. The molecule has 0 aliphatic carbocycles. The van der Waals surface area contributed by atoms with Gasteiger partial charge in [0.25, 0.3) is 11.6 Å². The van der Waals surface area contributed by atoms with Crippen molar-refractivity contribution in [2.45, 2.75) is 6.92 Å². The van der Waals surface area contributed by atoms with E-state index < -0.39 is 23.4 Å². The average Bonchev–Trinajstić information content (AvgIpc) is 2.55. The molecule has 0 radical (unpaired) electrons. The maximum Gasteiger partial charge on any atom is 0.338 e. The summed E-state index contributed by atoms with van der Waals surface area (Å²) in [6.45, 7) is 1.46. The van der Waals surface area contributed by atoms with Crippen LogP contribution in [0.5, 0.6) is 0 Å². The van der Waals surface area contributed by atoms with Crippen molar-refractivity contribution in [3.63, 3.8) is 0 Å². The van der Waals surface area contributed by atoms with Gasteiger partial charge in [0.2, 0.25) is 0 Å². The normalized spacial score (nSPS) is 10.1. The quantitative estimate of drug-likeness (QED) is 0.477. The maximum absolute atomic E-state index is 11.8. The van der Waals surface area contributed by atoms with E-state index in [9.17, 15) is 19.7 Å². The van der Waals surface area contributed by atoms with Crippen LogP contribution in [0.4, 0.5) is 11.4 Å². The highest BCUT2D eigenvalue weighted by Crippen LogP contribution is 2.23. The van der Waals surface area contributed by atoms with Gasteiger partial charge < -0.3 is 10.1 Å². The highest BCUT2D eigenvalue weighted by Gasteiger charge is 2.13. The summed E-state index contributed by atoms with van der Waals surface area (Å²) in [5.41, 5.74) is 1.60. The van der Waals surface area contributed by atoms with Crippen molar-refractivity contribution in [2.24, 2.45) is 0 Å². The lowest BCUT2D eigenvalue weighted by Gasteiger charge is -2.09. The molecule has 2 aromatic carbocycles. The second-order valence-corrected chi connectivity index (χ2v) is 5.77. The Morgan fingerprint density at radius 3 is 2.46 bits per heavy atom. The topological polar surface area (TPSA) is 98.5 Å². The summed E-state index contributed by atoms with van der Waals surface area (Å²) in [5, 5.41) is 13.2. The lowest BCUT2D eigenvalue weighted by Crippen LogP contribution is -2.21. The summed E-state index contributed by atoms with van der Waals surface area (Å²) in [4.78, 5) is 33.6. The van der Waals surface area contributed by atoms with Gasteiger partial charge in [-0.1, -0.05) is 6.07 Å². The van der Waals surface area contributed by atoms with E-state index >= 15 is 0 Å². The number of ether oxygens (including phenoxy) is 1. The third-order valence-electron chi connectivity index (χ3n) is 3.05. The first-order valence-electron chi connectivity index (χ1n) is 6.84. The number of hydrogen-bond acceptors (Lipinski definition) is 5. The van der Waals surface area contributed by atoms with Crippen molar-refractivity contribution in [3.05, 3.63) is 68.2 Å². The molecular formula is C16H13BrN2O5. The zero-order valence-corrected chi connectivity index (χ0v) is 14.2. The van der Waals surface area contributed by atoms with Gasteiger partial charge in [-0.2, -0.15) is 0 Å². The molecule has 8 heteroatoms. The number of carbonyl (C=O) groups excluding carboxylic acids is 2. The molecule has 0 unspecified atom stereocenters.